The lowest BCUT2D eigenvalue weighted by Crippen LogP contribution is -2.45. The lowest BCUT2D eigenvalue weighted by atomic mass is 10.1. The number of carbonyl (C=O) groups excluding carboxylic acids is 1. The first kappa shape index (κ1) is 16.0. The smallest absolute Gasteiger partial charge is 0.323 e. The number of hydrogen-bond donors (Lipinski definition) is 2. The largest absolute Gasteiger partial charge is 0.480 e. The minimum Gasteiger partial charge on any atom is -0.480 e. The summed E-state index contributed by atoms with van der Waals surface area (Å²) in [5, 5.41) is 11.7. The minimum atomic E-state index is -1.01. The molecule has 0 spiro atoms. The quantitative estimate of drug-likeness (QED) is 0.840. The van der Waals surface area contributed by atoms with Crippen LogP contribution in [-0.4, -0.2) is 35.1 Å². The van der Waals surface area contributed by atoms with Crippen molar-refractivity contribution in [2.24, 2.45) is 5.92 Å². The molecule has 0 radical (unpaired) electrons. The van der Waals surface area contributed by atoms with Gasteiger partial charge in [0.05, 0.1) is 6.04 Å². The van der Waals surface area contributed by atoms with Crippen molar-refractivity contribution >= 4 is 12.0 Å². The first-order valence-corrected chi connectivity index (χ1v) is 6.72. The van der Waals surface area contributed by atoms with Crippen LogP contribution in [0, 0.1) is 5.92 Å². The Labute approximate surface area is 119 Å². The zero-order valence-electron chi connectivity index (χ0n) is 12.2. The van der Waals surface area contributed by atoms with E-state index in [9.17, 15) is 9.59 Å². The number of rotatable bonds is 6. The Morgan fingerprint density at radius 3 is 2.30 bits per heavy atom. The predicted molar refractivity (Wildman–Crippen MR) is 77.4 cm³/mol. The van der Waals surface area contributed by atoms with Gasteiger partial charge in [0.15, 0.2) is 0 Å². The van der Waals surface area contributed by atoms with E-state index in [0.29, 0.717) is 6.54 Å². The second-order valence-electron chi connectivity index (χ2n) is 5.25. The fraction of sp³-hybridized carbons (Fsp3) is 0.467. The molecule has 2 N–H and O–H groups in total. The molecular weight excluding hydrogens is 256 g/mol. The highest BCUT2D eigenvalue weighted by atomic mass is 16.4. The second-order valence-corrected chi connectivity index (χ2v) is 5.25. The second kappa shape index (κ2) is 7.53. The first-order chi connectivity index (χ1) is 9.40. The summed E-state index contributed by atoms with van der Waals surface area (Å²) in [6.07, 6.45) is 0. The molecule has 0 bridgehead atoms. The predicted octanol–water partition coefficient (Wildman–Crippen LogP) is 2.50. The Balaban J connectivity index is 2.67. The van der Waals surface area contributed by atoms with Gasteiger partial charge >= 0.3 is 12.0 Å². The Kier molecular flexibility index (Phi) is 6.03. The monoisotopic (exact) mass is 278 g/mol. The van der Waals surface area contributed by atoms with Crippen LogP contribution in [0.15, 0.2) is 30.3 Å². The standard InChI is InChI=1S/C15H22N2O3/c1-11(2)9-17(10-14(18)19)15(20)16-12(3)13-7-5-4-6-8-13/h4-8,11-12H,9-10H2,1-3H3,(H,16,20)(H,18,19). The number of hydrogen-bond acceptors (Lipinski definition) is 2. The lowest BCUT2D eigenvalue weighted by molar-refractivity contribution is -0.137. The van der Waals surface area contributed by atoms with Crippen LogP contribution in [0.25, 0.3) is 0 Å². The summed E-state index contributed by atoms with van der Waals surface area (Å²) in [5.41, 5.74) is 0.987. The SMILES string of the molecule is CC(C)CN(CC(=O)O)C(=O)NC(C)c1ccccc1. The van der Waals surface area contributed by atoms with Crippen molar-refractivity contribution in [3.8, 4) is 0 Å². The summed E-state index contributed by atoms with van der Waals surface area (Å²) >= 11 is 0. The Hall–Kier alpha value is -2.04. The van der Waals surface area contributed by atoms with Crippen LogP contribution in [0.2, 0.25) is 0 Å². The van der Waals surface area contributed by atoms with E-state index in [-0.39, 0.29) is 24.5 Å². The number of urea groups is 1. The molecule has 1 atom stereocenters. The summed E-state index contributed by atoms with van der Waals surface area (Å²) in [4.78, 5) is 24.3. The molecule has 20 heavy (non-hydrogen) atoms. The van der Waals surface area contributed by atoms with Gasteiger partial charge in [0.1, 0.15) is 6.54 Å². The maximum absolute atomic E-state index is 12.1. The number of carbonyl (C=O) groups is 2. The number of carboxylic acid groups (broad SMARTS) is 1. The van der Waals surface area contributed by atoms with Gasteiger partial charge in [-0.15, -0.1) is 0 Å². The highest BCUT2D eigenvalue weighted by molar-refractivity contribution is 5.80. The molecule has 1 aromatic carbocycles. The van der Waals surface area contributed by atoms with Gasteiger partial charge < -0.3 is 15.3 Å². The maximum Gasteiger partial charge on any atom is 0.323 e. The maximum atomic E-state index is 12.1. The van der Waals surface area contributed by atoms with Crippen molar-refractivity contribution in [1.82, 2.24) is 10.2 Å². The summed E-state index contributed by atoms with van der Waals surface area (Å²) in [5.74, 6) is -0.791. The van der Waals surface area contributed by atoms with E-state index in [1.807, 2.05) is 51.1 Å². The topological polar surface area (TPSA) is 69.6 Å². The average molecular weight is 278 g/mol. The third kappa shape index (κ3) is 5.30. The van der Waals surface area contributed by atoms with Gasteiger partial charge in [-0.3, -0.25) is 4.79 Å². The number of amides is 2. The van der Waals surface area contributed by atoms with Gasteiger partial charge in [-0.2, -0.15) is 0 Å². The molecule has 0 aliphatic carbocycles. The van der Waals surface area contributed by atoms with Gasteiger partial charge in [-0.1, -0.05) is 44.2 Å². The normalized spacial score (nSPS) is 12.0. The van der Waals surface area contributed by atoms with Gasteiger partial charge in [-0.25, -0.2) is 4.79 Å². The highest BCUT2D eigenvalue weighted by Gasteiger charge is 2.19. The molecule has 0 aliphatic rings. The lowest BCUT2D eigenvalue weighted by Gasteiger charge is -2.25. The van der Waals surface area contributed by atoms with Crippen LogP contribution in [0.3, 0.4) is 0 Å². The number of nitrogens with zero attached hydrogens (tertiary/aromatic N) is 1. The van der Waals surface area contributed by atoms with Crippen LogP contribution in [0.5, 0.6) is 0 Å². The molecular formula is C15H22N2O3. The van der Waals surface area contributed by atoms with Crippen molar-refractivity contribution in [2.45, 2.75) is 26.8 Å². The molecule has 2 amide bonds. The van der Waals surface area contributed by atoms with E-state index in [0.717, 1.165) is 5.56 Å². The molecule has 0 heterocycles. The average Bonchev–Trinajstić information content (AvgIpc) is 2.37. The number of carboxylic acids is 1. The highest BCUT2D eigenvalue weighted by Crippen LogP contribution is 2.12. The van der Waals surface area contributed by atoms with Gasteiger partial charge in [0, 0.05) is 6.54 Å². The van der Waals surface area contributed by atoms with E-state index in [1.165, 1.54) is 4.90 Å². The number of nitrogens with one attached hydrogen (secondary N) is 1. The van der Waals surface area contributed by atoms with E-state index in [2.05, 4.69) is 5.32 Å². The number of benzene rings is 1. The molecule has 110 valence electrons. The van der Waals surface area contributed by atoms with E-state index in [4.69, 9.17) is 5.11 Å². The molecule has 5 heteroatoms. The van der Waals surface area contributed by atoms with Crippen molar-refractivity contribution < 1.29 is 14.7 Å². The Morgan fingerprint density at radius 1 is 1.20 bits per heavy atom. The molecule has 0 aliphatic heterocycles. The molecule has 0 aromatic heterocycles. The van der Waals surface area contributed by atoms with Crippen LogP contribution in [0.4, 0.5) is 4.79 Å². The van der Waals surface area contributed by atoms with Crippen molar-refractivity contribution in [1.29, 1.82) is 0 Å². The molecule has 1 rings (SSSR count). The summed E-state index contributed by atoms with van der Waals surface area (Å²) in [6.45, 7) is 5.90. The molecule has 0 saturated carbocycles. The van der Waals surface area contributed by atoms with E-state index < -0.39 is 5.97 Å². The van der Waals surface area contributed by atoms with Crippen molar-refractivity contribution in [2.75, 3.05) is 13.1 Å². The fourth-order valence-electron chi connectivity index (χ4n) is 1.92. The molecule has 0 saturated heterocycles. The third-order valence-electron chi connectivity index (χ3n) is 2.84. The zero-order chi connectivity index (χ0) is 15.1. The first-order valence-electron chi connectivity index (χ1n) is 6.72. The van der Waals surface area contributed by atoms with Crippen LogP contribution >= 0.6 is 0 Å². The van der Waals surface area contributed by atoms with Gasteiger partial charge in [0.2, 0.25) is 0 Å². The Bertz CT molecular complexity index is 446. The van der Waals surface area contributed by atoms with E-state index in [1.54, 1.807) is 0 Å². The van der Waals surface area contributed by atoms with Gasteiger partial charge in [-0.05, 0) is 18.4 Å². The van der Waals surface area contributed by atoms with Crippen LogP contribution < -0.4 is 5.32 Å². The third-order valence-corrected chi connectivity index (χ3v) is 2.84. The van der Waals surface area contributed by atoms with E-state index >= 15 is 0 Å². The Morgan fingerprint density at radius 2 is 1.80 bits per heavy atom. The molecule has 0 fully saturated rings. The summed E-state index contributed by atoms with van der Waals surface area (Å²) in [6, 6.07) is 9.06. The van der Waals surface area contributed by atoms with Crippen LogP contribution in [-0.2, 0) is 4.79 Å². The van der Waals surface area contributed by atoms with Crippen LogP contribution in [0.1, 0.15) is 32.4 Å². The van der Waals surface area contributed by atoms with Crippen molar-refractivity contribution in [3.05, 3.63) is 35.9 Å². The molecule has 1 aromatic rings. The minimum absolute atomic E-state index is 0.160. The van der Waals surface area contributed by atoms with Crippen molar-refractivity contribution in [3.63, 3.8) is 0 Å². The fourth-order valence-corrected chi connectivity index (χ4v) is 1.92. The number of aliphatic carboxylic acids is 1. The zero-order valence-corrected chi connectivity index (χ0v) is 12.2. The molecule has 5 nitrogen and oxygen atoms in total. The summed E-state index contributed by atoms with van der Waals surface area (Å²) in [7, 11) is 0. The van der Waals surface area contributed by atoms with Gasteiger partial charge in [0.25, 0.3) is 0 Å². The summed E-state index contributed by atoms with van der Waals surface area (Å²) < 4.78 is 0. The molecule has 1 unspecified atom stereocenters.